The lowest BCUT2D eigenvalue weighted by Gasteiger charge is -2.14. The molecule has 0 heterocycles. The van der Waals surface area contributed by atoms with Crippen LogP contribution in [-0.2, 0) is 16.0 Å². The molecule has 7 heteroatoms. The number of carbonyl (C=O) groups is 1. The predicted molar refractivity (Wildman–Crippen MR) is 105 cm³/mol. The first-order valence-corrected chi connectivity index (χ1v) is 9.22. The molecule has 0 unspecified atom stereocenters. The highest BCUT2D eigenvalue weighted by Crippen LogP contribution is 2.32. The van der Waals surface area contributed by atoms with E-state index in [4.69, 9.17) is 21.1 Å². The Morgan fingerprint density at radius 1 is 1.15 bits per heavy atom. The van der Waals surface area contributed by atoms with Crippen molar-refractivity contribution in [3.05, 3.63) is 58.9 Å². The molecule has 0 saturated heterocycles. The number of halogens is 2. The van der Waals surface area contributed by atoms with E-state index < -0.39 is 0 Å². The predicted octanol–water partition coefficient (Wildman–Crippen LogP) is 3.67. The van der Waals surface area contributed by atoms with Gasteiger partial charge in [-0.3, -0.25) is 4.79 Å². The van der Waals surface area contributed by atoms with Crippen molar-refractivity contribution in [1.82, 2.24) is 5.32 Å². The van der Waals surface area contributed by atoms with E-state index in [1.54, 1.807) is 30.3 Å². The van der Waals surface area contributed by atoms with Crippen molar-refractivity contribution in [1.29, 1.82) is 0 Å². The second kappa shape index (κ2) is 11.4. The highest BCUT2D eigenvalue weighted by Gasteiger charge is 2.10. The number of hydrogen-bond donors (Lipinski definition) is 2. The summed E-state index contributed by atoms with van der Waals surface area (Å²) >= 11 is 6.19. The standard InChI is InChI=1S/C20H24ClFN2O3/c1-2-26-12-13-27-20-17(21)4-3-5-18(20)24-14-19(25)23-11-10-15-6-8-16(22)9-7-15/h3-9,24H,2,10-14H2,1H3,(H,23,25). The van der Waals surface area contributed by atoms with Gasteiger partial charge in [0.15, 0.2) is 5.75 Å². The first-order chi connectivity index (χ1) is 13.1. The lowest BCUT2D eigenvalue weighted by Crippen LogP contribution is -2.31. The number of ether oxygens (including phenoxy) is 2. The first-order valence-electron chi connectivity index (χ1n) is 8.84. The van der Waals surface area contributed by atoms with Crippen LogP contribution in [0, 0.1) is 5.82 Å². The average molecular weight is 395 g/mol. The van der Waals surface area contributed by atoms with E-state index >= 15 is 0 Å². The van der Waals surface area contributed by atoms with Crippen LogP contribution in [0.1, 0.15) is 12.5 Å². The van der Waals surface area contributed by atoms with E-state index in [0.29, 0.717) is 49.2 Å². The molecule has 5 nitrogen and oxygen atoms in total. The normalized spacial score (nSPS) is 10.5. The minimum absolute atomic E-state index is 0.0889. The van der Waals surface area contributed by atoms with E-state index in [2.05, 4.69) is 10.6 Å². The largest absolute Gasteiger partial charge is 0.487 e. The smallest absolute Gasteiger partial charge is 0.239 e. The van der Waals surface area contributed by atoms with Gasteiger partial charge in [0.2, 0.25) is 5.91 Å². The van der Waals surface area contributed by atoms with Crippen LogP contribution in [0.4, 0.5) is 10.1 Å². The average Bonchev–Trinajstić information content (AvgIpc) is 2.66. The molecule has 0 aromatic heterocycles. The maximum absolute atomic E-state index is 12.9. The van der Waals surface area contributed by atoms with Crippen LogP contribution < -0.4 is 15.4 Å². The van der Waals surface area contributed by atoms with Crippen LogP contribution in [0.5, 0.6) is 5.75 Å². The monoisotopic (exact) mass is 394 g/mol. The highest BCUT2D eigenvalue weighted by atomic mass is 35.5. The molecule has 0 aliphatic carbocycles. The Labute approximate surface area is 163 Å². The molecule has 146 valence electrons. The fourth-order valence-electron chi connectivity index (χ4n) is 2.38. The fourth-order valence-corrected chi connectivity index (χ4v) is 2.61. The summed E-state index contributed by atoms with van der Waals surface area (Å²) in [5.74, 6) is 0.0723. The highest BCUT2D eigenvalue weighted by molar-refractivity contribution is 6.32. The zero-order valence-corrected chi connectivity index (χ0v) is 16.0. The van der Waals surface area contributed by atoms with Crippen molar-refractivity contribution in [2.75, 3.05) is 38.2 Å². The summed E-state index contributed by atoms with van der Waals surface area (Å²) in [6, 6.07) is 11.5. The summed E-state index contributed by atoms with van der Waals surface area (Å²) in [6.07, 6.45) is 0.634. The minimum Gasteiger partial charge on any atom is -0.487 e. The van der Waals surface area contributed by atoms with Crippen molar-refractivity contribution < 1.29 is 18.7 Å². The SMILES string of the molecule is CCOCCOc1c(Cl)cccc1NCC(=O)NCCc1ccc(F)cc1. The molecule has 0 spiro atoms. The molecule has 2 aromatic carbocycles. The topological polar surface area (TPSA) is 59.6 Å². The molecule has 2 aromatic rings. The first kappa shape index (κ1) is 21.0. The molecular formula is C20H24ClFN2O3. The Balaban J connectivity index is 1.78. The quantitative estimate of drug-likeness (QED) is 0.571. The summed E-state index contributed by atoms with van der Waals surface area (Å²) in [4.78, 5) is 12.0. The van der Waals surface area contributed by atoms with Crippen LogP contribution in [-0.4, -0.2) is 38.8 Å². The van der Waals surface area contributed by atoms with Gasteiger partial charge in [-0.2, -0.15) is 0 Å². The molecule has 0 fully saturated rings. The van der Waals surface area contributed by atoms with Gasteiger partial charge in [0.05, 0.1) is 23.9 Å². The second-order valence-electron chi connectivity index (χ2n) is 5.74. The van der Waals surface area contributed by atoms with Gasteiger partial charge in [0.1, 0.15) is 12.4 Å². The van der Waals surface area contributed by atoms with E-state index in [-0.39, 0.29) is 18.3 Å². The van der Waals surface area contributed by atoms with Gasteiger partial charge >= 0.3 is 0 Å². The third kappa shape index (κ3) is 7.45. The van der Waals surface area contributed by atoms with Crippen molar-refractivity contribution in [2.45, 2.75) is 13.3 Å². The Morgan fingerprint density at radius 3 is 2.67 bits per heavy atom. The van der Waals surface area contributed by atoms with Crippen LogP contribution >= 0.6 is 11.6 Å². The van der Waals surface area contributed by atoms with Gasteiger partial charge in [0.25, 0.3) is 0 Å². The van der Waals surface area contributed by atoms with Crippen LogP contribution in [0.25, 0.3) is 0 Å². The Morgan fingerprint density at radius 2 is 1.93 bits per heavy atom. The van der Waals surface area contributed by atoms with Crippen LogP contribution in [0.2, 0.25) is 5.02 Å². The van der Waals surface area contributed by atoms with Gasteiger partial charge in [-0.1, -0.05) is 29.8 Å². The number of nitrogens with one attached hydrogen (secondary N) is 2. The van der Waals surface area contributed by atoms with E-state index in [0.717, 1.165) is 5.56 Å². The number of benzene rings is 2. The summed E-state index contributed by atoms with van der Waals surface area (Å²) in [7, 11) is 0. The third-order valence-electron chi connectivity index (χ3n) is 3.73. The maximum atomic E-state index is 12.9. The molecule has 27 heavy (non-hydrogen) atoms. The third-order valence-corrected chi connectivity index (χ3v) is 4.03. The van der Waals surface area contributed by atoms with Crippen molar-refractivity contribution in [3.63, 3.8) is 0 Å². The zero-order valence-electron chi connectivity index (χ0n) is 15.3. The second-order valence-corrected chi connectivity index (χ2v) is 6.15. The molecule has 2 rings (SSSR count). The molecule has 0 aliphatic rings. The van der Waals surface area contributed by atoms with E-state index in [9.17, 15) is 9.18 Å². The van der Waals surface area contributed by atoms with Crippen molar-refractivity contribution in [3.8, 4) is 5.75 Å². The number of hydrogen-bond acceptors (Lipinski definition) is 4. The molecular weight excluding hydrogens is 371 g/mol. The van der Waals surface area contributed by atoms with Crippen molar-refractivity contribution >= 4 is 23.2 Å². The molecule has 0 saturated carbocycles. The van der Waals surface area contributed by atoms with Gasteiger partial charge in [-0.05, 0) is 43.2 Å². The minimum atomic E-state index is -0.271. The van der Waals surface area contributed by atoms with E-state index in [1.165, 1.54) is 12.1 Å². The number of anilines is 1. The Kier molecular flexibility index (Phi) is 8.87. The molecule has 0 aliphatic heterocycles. The summed E-state index contributed by atoms with van der Waals surface area (Å²) in [5, 5.41) is 6.33. The van der Waals surface area contributed by atoms with Crippen LogP contribution in [0.15, 0.2) is 42.5 Å². The van der Waals surface area contributed by atoms with Crippen LogP contribution in [0.3, 0.4) is 0 Å². The van der Waals surface area contributed by atoms with E-state index in [1.807, 2.05) is 6.92 Å². The molecule has 0 bridgehead atoms. The Hall–Kier alpha value is -2.31. The number of carbonyl (C=O) groups excluding carboxylic acids is 1. The fraction of sp³-hybridized carbons (Fsp3) is 0.350. The number of amides is 1. The Bertz CT molecular complexity index is 726. The van der Waals surface area contributed by atoms with Gasteiger partial charge in [-0.25, -0.2) is 4.39 Å². The number of para-hydroxylation sites is 1. The molecule has 0 atom stereocenters. The number of rotatable bonds is 11. The van der Waals surface area contributed by atoms with Gasteiger partial charge < -0.3 is 20.1 Å². The lowest BCUT2D eigenvalue weighted by molar-refractivity contribution is -0.119. The van der Waals surface area contributed by atoms with Crippen molar-refractivity contribution in [2.24, 2.45) is 0 Å². The maximum Gasteiger partial charge on any atom is 0.239 e. The van der Waals surface area contributed by atoms with Gasteiger partial charge in [-0.15, -0.1) is 0 Å². The summed E-state index contributed by atoms with van der Waals surface area (Å²) in [6.45, 7) is 3.93. The molecule has 1 amide bonds. The molecule has 2 N–H and O–H groups in total. The van der Waals surface area contributed by atoms with Gasteiger partial charge in [0, 0.05) is 13.2 Å². The summed E-state index contributed by atoms with van der Waals surface area (Å²) in [5.41, 5.74) is 1.61. The lowest BCUT2D eigenvalue weighted by atomic mass is 10.1. The summed E-state index contributed by atoms with van der Waals surface area (Å²) < 4.78 is 23.8. The molecule has 0 radical (unpaired) electrons. The zero-order chi connectivity index (χ0) is 19.5.